The Morgan fingerprint density at radius 2 is 1.92 bits per heavy atom. The monoisotopic (exact) mass is 244 g/mol. The Hall–Kier alpha value is -0.0936. The van der Waals surface area contributed by atoms with Crippen LogP contribution in [0.2, 0.25) is 19.6 Å². The van der Waals surface area contributed by atoms with Gasteiger partial charge in [-0.15, -0.1) is 0 Å². The van der Waals surface area contributed by atoms with Gasteiger partial charge < -0.3 is 0 Å². The van der Waals surface area contributed by atoms with Gasteiger partial charge in [-0.3, -0.25) is 0 Å². The predicted molar refractivity (Wildman–Crippen MR) is 60.6 cm³/mol. The van der Waals surface area contributed by atoms with Crippen molar-refractivity contribution in [1.29, 1.82) is 0 Å². The first-order chi connectivity index (χ1) is 5.47. The second-order valence-electron chi connectivity index (χ2n) is 3.74. The topological polar surface area (TPSA) is 0 Å². The van der Waals surface area contributed by atoms with Crippen LogP contribution in [0.4, 0.5) is 0 Å². The number of hydrogen-bond acceptors (Lipinski definition) is 0. The second-order valence-corrected chi connectivity index (χ2v) is 9.16. The van der Waals surface area contributed by atoms with Crippen molar-refractivity contribution in [3.05, 3.63) is 23.1 Å². The van der Waals surface area contributed by atoms with Gasteiger partial charge in [-0.2, -0.15) is 0 Å². The zero-order valence-corrected chi connectivity index (χ0v) is 11.0. The van der Waals surface area contributed by atoms with Gasteiger partial charge in [-0.1, -0.05) is 0 Å². The van der Waals surface area contributed by atoms with E-state index in [0.29, 0.717) is 0 Å². The van der Waals surface area contributed by atoms with Crippen LogP contribution in [0.5, 0.6) is 0 Å². The average Bonchev–Trinajstić information content (AvgIpc) is 1.97. The van der Waals surface area contributed by atoms with E-state index in [4.69, 9.17) is 0 Å². The van der Waals surface area contributed by atoms with Crippen LogP contribution < -0.4 is 0 Å². The Labute approximate surface area is 84.4 Å². The molecule has 2 heteroatoms. The van der Waals surface area contributed by atoms with Gasteiger partial charge in [0, 0.05) is 0 Å². The van der Waals surface area contributed by atoms with E-state index in [-0.39, 0.29) is 0 Å². The van der Waals surface area contributed by atoms with E-state index in [1.807, 2.05) is 0 Å². The molecule has 0 nitrogen and oxygen atoms in total. The normalized spacial score (nSPS) is 10.0. The fourth-order valence-electron chi connectivity index (χ4n) is 1.06. The molecule has 0 atom stereocenters. The van der Waals surface area contributed by atoms with Crippen molar-refractivity contribution in [2.24, 2.45) is 0 Å². The van der Waals surface area contributed by atoms with Crippen molar-refractivity contribution < 1.29 is 0 Å². The first kappa shape index (κ1) is 11.9. The summed E-state index contributed by atoms with van der Waals surface area (Å²) in [4.78, 5) is 0. The van der Waals surface area contributed by atoms with Crippen LogP contribution in [0.15, 0.2) is 23.1 Å². The molecule has 0 unspecified atom stereocenters. The van der Waals surface area contributed by atoms with Gasteiger partial charge in [-0.05, 0) is 0 Å². The fraction of sp³-hybridized carbons (Fsp3) is 0.500. The molecule has 0 fully saturated rings. The van der Waals surface area contributed by atoms with E-state index in [1.54, 1.807) is 0 Å². The van der Waals surface area contributed by atoms with E-state index in [0.717, 1.165) is 6.42 Å². The number of hydrogen-bond donors (Lipinski definition) is 0. The molecule has 0 bridgehead atoms. The standard InChI is InChI=1S/C10H16SeSi/c1-6-9(7-2)10(8-11)12(3,4)5/h1,7H2,2-5H3. The first-order valence-corrected chi connectivity index (χ1v) is 8.47. The molecule has 0 heterocycles. The summed E-state index contributed by atoms with van der Waals surface area (Å²) in [6, 6.07) is 0. The summed E-state index contributed by atoms with van der Waals surface area (Å²) in [7, 11) is -1.26. The molecule has 0 N–H and O–H groups in total. The van der Waals surface area contributed by atoms with E-state index in [1.165, 1.54) is 10.8 Å². The molecular weight excluding hydrogens is 227 g/mol. The maximum absolute atomic E-state index is 3.70. The molecule has 0 aliphatic heterocycles. The molecule has 0 aromatic carbocycles. The van der Waals surface area contributed by atoms with Crippen LogP contribution in [0.25, 0.3) is 0 Å². The summed E-state index contributed by atoms with van der Waals surface area (Å²) in [5, 5.41) is 1.32. The Morgan fingerprint density at radius 3 is 2.00 bits per heavy atom. The van der Waals surface area contributed by atoms with Crippen molar-refractivity contribution in [1.82, 2.24) is 0 Å². The molecule has 0 aliphatic rings. The molecule has 0 aliphatic carbocycles. The minimum absolute atomic E-state index is 0.998. The van der Waals surface area contributed by atoms with Crippen LogP contribution in [-0.2, 0) is 0 Å². The summed E-state index contributed by atoms with van der Waals surface area (Å²) < 4.78 is 3.16. The van der Waals surface area contributed by atoms with Crippen molar-refractivity contribution >= 4 is 28.2 Å². The van der Waals surface area contributed by atoms with Crippen LogP contribution in [-0.4, -0.2) is 28.2 Å². The van der Waals surface area contributed by atoms with Crippen molar-refractivity contribution in [2.45, 2.75) is 33.0 Å². The molecule has 66 valence electrons. The molecule has 12 heavy (non-hydrogen) atoms. The van der Waals surface area contributed by atoms with Gasteiger partial charge in [0.25, 0.3) is 0 Å². The summed E-state index contributed by atoms with van der Waals surface area (Å²) in [6.45, 7) is 12.7. The summed E-state index contributed by atoms with van der Waals surface area (Å²) >= 11 is 2.86. The van der Waals surface area contributed by atoms with Crippen molar-refractivity contribution in [3.63, 3.8) is 0 Å². The van der Waals surface area contributed by atoms with Crippen LogP contribution >= 0.6 is 0 Å². The quantitative estimate of drug-likeness (QED) is 0.406. The van der Waals surface area contributed by atoms with E-state index < -0.39 is 8.07 Å². The minimum atomic E-state index is -1.26. The summed E-state index contributed by atoms with van der Waals surface area (Å²) in [5.74, 6) is 0. The van der Waals surface area contributed by atoms with E-state index in [2.05, 4.69) is 59.0 Å². The van der Waals surface area contributed by atoms with Gasteiger partial charge in [0.2, 0.25) is 0 Å². The van der Waals surface area contributed by atoms with Gasteiger partial charge in [0.1, 0.15) is 0 Å². The van der Waals surface area contributed by atoms with E-state index >= 15 is 0 Å². The average molecular weight is 243 g/mol. The second kappa shape index (κ2) is 4.82. The Morgan fingerprint density at radius 1 is 1.42 bits per heavy atom. The summed E-state index contributed by atoms with van der Waals surface area (Å²) in [5.41, 5.74) is 4.21. The molecule has 0 aromatic heterocycles. The number of allylic oxidation sites excluding steroid dienone is 2. The molecule has 0 radical (unpaired) electrons. The van der Waals surface area contributed by atoms with Gasteiger partial charge in [0.05, 0.1) is 0 Å². The van der Waals surface area contributed by atoms with Gasteiger partial charge >= 0.3 is 84.3 Å². The zero-order valence-electron chi connectivity index (χ0n) is 8.32. The van der Waals surface area contributed by atoms with Crippen LogP contribution in [0, 0.1) is 0 Å². The zero-order chi connectivity index (χ0) is 9.78. The van der Waals surface area contributed by atoms with Gasteiger partial charge in [0.15, 0.2) is 0 Å². The SMILES string of the molecule is C=C=C(CC)C(=C=[Se])[Si](C)(C)C. The third-order valence-electron chi connectivity index (χ3n) is 1.72. The van der Waals surface area contributed by atoms with Crippen LogP contribution in [0.3, 0.4) is 0 Å². The maximum atomic E-state index is 3.70. The van der Waals surface area contributed by atoms with Crippen molar-refractivity contribution in [2.75, 3.05) is 0 Å². The molecule has 0 saturated heterocycles. The number of rotatable bonds is 3. The van der Waals surface area contributed by atoms with Crippen molar-refractivity contribution in [3.8, 4) is 0 Å². The first-order valence-electron chi connectivity index (χ1n) is 4.12. The molecule has 0 saturated carbocycles. The van der Waals surface area contributed by atoms with E-state index in [9.17, 15) is 0 Å². The summed E-state index contributed by atoms with van der Waals surface area (Å²) in [6.07, 6.45) is 0.998. The molecule has 0 rings (SSSR count). The molecule has 0 spiro atoms. The molecular formula is C10H16SeSi. The predicted octanol–water partition coefficient (Wildman–Crippen LogP) is 2.48. The fourth-order valence-corrected chi connectivity index (χ4v) is 4.72. The third-order valence-corrected chi connectivity index (χ3v) is 4.48. The Kier molecular flexibility index (Phi) is 4.78. The molecule has 0 amide bonds. The Balaban J connectivity index is 5.10. The molecule has 0 aromatic rings. The third kappa shape index (κ3) is 3.11. The van der Waals surface area contributed by atoms with Crippen LogP contribution in [0.1, 0.15) is 13.3 Å². The van der Waals surface area contributed by atoms with Gasteiger partial charge in [-0.25, -0.2) is 0 Å². The Bertz CT molecular complexity index is 258.